The maximum Gasteiger partial charge on any atom is 0.416 e. The molecule has 1 amide bonds. The molecule has 14 heteroatoms. The first-order valence-corrected chi connectivity index (χ1v) is 14.6. The number of pyridine rings is 1. The Morgan fingerprint density at radius 1 is 1.07 bits per heavy atom. The number of carbonyl (C=O) groups is 1. The maximum absolute atomic E-state index is 13.5. The zero-order valence-corrected chi connectivity index (χ0v) is 24.0. The summed E-state index contributed by atoms with van der Waals surface area (Å²) in [5, 5.41) is 15.0. The molecular weight excluding hydrogens is 616 g/mol. The number of alkyl halides is 3. The lowest BCUT2D eigenvalue weighted by Gasteiger charge is -2.13. The van der Waals surface area contributed by atoms with Crippen LogP contribution in [-0.4, -0.2) is 37.2 Å². The molecule has 0 saturated heterocycles. The van der Waals surface area contributed by atoms with Crippen molar-refractivity contribution in [3.63, 3.8) is 0 Å². The van der Waals surface area contributed by atoms with E-state index in [4.69, 9.17) is 23.2 Å². The number of halogens is 5. The van der Waals surface area contributed by atoms with E-state index in [-0.39, 0.29) is 17.3 Å². The fourth-order valence-corrected chi connectivity index (χ4v) is 6.08. The number of carbonyl (C=O) groups excluding carboxylic acids is 1. The minimum absolute atomic E-state index is 0.256. The maximum atomic E-state index is 13.5. The molecule has 0 aliphatic heterocycles. The van der Waals surface area contributed by atoms with Crippen LogP contribution in [0.15, 0.2) is 77.5 Å². The van der Waals surface area contributed by atoms with Crippen LogP contribution in [-0.2, 0) is 18.3 Å². The smallest absolute Gasteiger partial charge is 0.350 e. The predicted molar refractivity (Wildman–Crippen MR) is 154 cm³/mol. The van der Waals surface area contributed by atoms with E-state index >= 15 is 0 Å². The van der Waals surface area contributed by atoms with Crippen LogP contribution in [0.25, 0.3) is 17.1 Å². The van der Waals surface area contributed by atoms with Crippen LogP contribution in [0, 0.1) is 0 Å². The summed E-state index contributed by atoms with van der Waals surface area (Å²) in [4.78, 5) is 21.1. The van der Waals surface area contributed by atoms with Crippen LogP contribution in [0.4, 0.5) is 13.2 Å². The Kier molecular flexibility index (Phi) is 8.93. The summed E-state index contributed by atoms with van der Waals surface area (Å²) in [5.41, 5.74) is 1.19. The third-order valence-corrected chi connectivity index (χ3v) is 8.35. The van der Waals surface area contributed by atoms with Crippen molar-refractivity contribution in [3.8, 4) is 17.1 Å². The molecule has 5 rings (SSSR count). The zero-order valence-electron chi connectivity index (χ0n) is 20.9. The van der Waals surface area contributed by atoms with Crippen LogP contribution in [0.1, 0.15) is 26.6 Å². The lowest BCUT2D eigenvalue weighted by molar-refractivity contribution is -0.137. The Hall–Kier alpha value is -3.45. The lowest BCUT2D eigenvalue weighted by atomic mass is 10.1. The molecule has 5 aromatic rings. The first kappa shape index (κ1) is 29.1. The van der Waals surface area contributed by atoms with Crippen LogP contribution in [0.3, 0.4) is 0 Å². The van der Waals surface area contributed by atoms with Crippen LogP contribution < -0.4 is 5.32 Å². The molecule has 0 radical (unpaired) electrons. The van der Waals surface area contributed by atoms with Gasteiger partial charge in [0, 0.05) is 39.9 Å². The van der Waals surface area contributed by atoms with Gasteiger partial charge in [-0.3, -0.25) is 14.3 Å². The van der Waals surface area contributed by atoms with Gasteiger partial charge in [0.15, 0.2) is 11.0 Å². The third-order valence-electron chi connectivity index (χ3n) is 5.79. The fourth-order valence-electron chi connectivity index (χ4n) is 3.83. The molecule has 2 aromatic carbocycles. The molecule has 3 heterocycles. The highest BCUT2D eigenvalue weighted by Crippen LogP contribution is 2.34. The molecule has 0 unspecified atom stereocenters. The van der Waals surface area contributed by atoms with Crippen LogP contribution in [0.2, 0.25) is 10.0 Å². The summed E-state index contributed by atoms with van der Waals surface area (Å²) in [6, 6.07) is 13.6. The van der Waals surface area contributed by atoms with E-state index in [1.165, 1.54) is 29.2 Å². The molecule has 7 nitrogen and oxygen atoms in total. The summed E-state index contributed by atoms with van der Waals surface area (Å²) < 4.78 is 41.9. The second-order valence-corrected chi connectivity index (χ2v) is 11.3. The minimum Gasteiger partial charge on any atom is -0.350 e. The summed E-state index contributed by atoms with van der Waals surface area (Å²) in [7, 11) is 0. The Labute approximate surface area is 250 Å². The van der Waals surface area contributed by atoms with E-state index < -0.39 is 11.7 Å². The van der Waals surface area contributed by atoms with Crippen molar-refractivity contribution in [1.29, 1.82) is 0 Å². The van der Waals surface area contributed by atoms with Crippen molar-refractivity contribution < 1.29 is 18.0 Å². The van der Waals surface area contributed by atoms with E-state index in [0.29, 0.717) is 50.3 Å². The molecule has 0 bridgehead atoms. The van der Waals surface area contributed by atoms with Gasteiger partial charge in [0.2, 0.25) is 0 Å². The molecule has 0 aliphatic rings. The Morgan fingerprint density at radius 3 is 2.68 bits per heavy atom. The Balaban J connectivity index is 1.30. The number of nitrogens with zero attached hydrogens (tertiary/aromatic N) is 5. The van der Waals surface area contributed by atoms with E-state index in [9.17, 15) is 18.0 Å². The van der Waals surface area contributed by atoms with Gasteiger partial charge in [-0.25, -0.2) is 4.98 Å². The fraction of sp³-hybridized carbons (Fsp3) is 0.148. The molecule has 0 saturated carbocycles. The Morgan fingerprint density at radius 2 is 1.93 bits per heavy atom. The second-order valence-electron chi connectivity index (χ2n) is 8.59. The quantitative estimate of drug-likeness (QED) is 0.170. The normalized spacial score (nSPS) is 11.5. The third kappa shape index (κ3) is 7.07. The molecule has 210 valence electrons. The highest BCUT2D eigenvalue weighted by molar-refractivity contribution is 7.98. The highest BCUT2D eigenvalue weighted by Gasteiger charge is 2.31. The highest BCUT2D eigenvalue weighted by atomic mass is 35.5. The number of amides is 1. The van der Waals surface area contributed by atoms with Crippen molar-refractivity contribution in [3.05, 3.63) is 104 Å². The number of thiazole rings is 1. The second kappa shape index (κ2) is 12.6. The van der Waals surface area contributed by atoms with Gasteiger partial charge in [-0.1, -0.05) is 47.1 Å². The average Bonchev–Trinajstić information content (AvgIpc) is 3.61. The zero-order chi connectivity index (χ0) is 29.0. The molecule has 1 N–H and O–H groups in total. The molecule has 0 aliphatic carbocycles. The number of nitrogens with one attached hydrogen (secondary N) is 1. The van der Waals surface area contributed by atoms with Crippen molar-refractivity contribution in [1.82, 2.24) is 30.0 Å². The van der Waals surface area contributed by atoms with Gasteiger partial charge in [-0.05, 0) is 54.4 Å². The molecule has 3 aromatic heterocycles. The van der Waals surface area contributed by atoms with Crippen molar-refractivity contribution in [2.75, 3.05) is 6.54 Å². The number of benzene rings is 2. The molecule has 0 atom stereocenters. The van der Waals surface area contributed by atoms with Gasteiger partial charge >= 0.3 is 6.18 Å². The van der Waals surface area contributed by atoms with Crippen LogP contribution in [0.5, 0.6) is 0 Å². The first-order valence-electron chi connectivity index (χ1n) is 12.0. The van der Waals surface area contributed by atoms with E-state index in [0.717, 1.165) is 17.7 Å². The van der Waals surface area contributed by atoms with Gasteiger partial charge in [0.25, 0.3) is 5.91 Å². The van der Waals surface area contributed by atoms with E-state index in [1.54, 1.807) is 52.7 Å². The van der Waals surface area contributed by atoms with Crippen molar-refractivity contribution >= 4 is 52.2 Å². The van der Waals surface area contributed by atoms with Gasteiger partial charge in [-0.15, -0.1) is 21.5 Å². The van der Waals surface area contributed by atoms with Gasteiger partial charge < -0.3 is 5.32 Å². The monoisotopic (exact) mass is 634 g/mol. The van der Waals surface area contributed by atoms with E-state index in [2.05, 4.69) is 25.5 Å². The lowest BCUT2D eigenvalue weighted by Crippen LogP contribution is -2.26. The molecular formula is C27H19Cl2F3N6OS2. The van der Waals surface area contributed by atoms with E-state index in [1.807, 2.05) is 6.07 Å². The standard InChI is InChI=1S/C27H19Cl2F3N6OS2/c28-19-7-6-16(21(29)12-19)8-10-34-25(39)22-14-40-23(35-22)15-41-26-37-36-24(17-3-2-9-33-13-17)38(26)20-5-1-4-18(11-20)27(30,31)32/h1-7,9,11-14H,8,10,15H2,(H,34,39). The van der Waals surface area contributed by atoms with Crippen LogP contribution >= 0.6 is 46.3 Å². The van der Waals surface area contributed by atoms with Gasteiger partial charge in [0.1, 0.15) is 10.7 Å². The number of hydrogen-bond acceptors (Lipinski definition) is 7. The summed E-state index contributed by atoms with van der Waals surface area (Å²) >= 11 is 14.7. The van der Waals surface area contributed by atoms with Crippen molar-refractivity contribution in [2.45, 2.75) is 23.5 Å². The molecule has 41 heavy (non-hydrogen) atoms. The number of hydrogen-bond donors (Lipinski definition) is 1. The largest absolute Gasteiger partial charge is 0.416 e. The number of rotatable bonds is 9. The summed E-state index contributed by atoms with van der Waals surface area (Å²) in [6.45, 7) is 0.360. The van der Waals surface area contributed by atoms with Gasteiger partial charge in [-0.2, -0.15) is 13.2 Å². The average molecular weight is 636 g/mol. The molecule has 0 spiro atoms. The van der Waals surface area contributed by atoms with Crippen molar-refractivity contribution in [2.24, 2.45) is 0 Å². The first-order chi connectivity index (χ1) is 19.7. The SMILES string of the molecule is O=C(NCCc1ccc(Cl)cc1Cl)c1csc(CSc2nnc(-c3cccnc3)n2-c2cccc(C(F)(F)F)c2)n1. The topological polar surface area (TPSA) is 85.6 Å². The minimum atomic E-state index is -4.51. The number of thioether (sulfide) groups is 1. The predicted octanol–water partition coefficient (Wildman–Crippen LogP) is 7.38. The molecule has 0 fully saturated rings. The van der Waals surface area contributed by atoms with Gasteiger partial charge in [0.05, 0.1) is 17.0 Å². The summed E-state index contributed by atoms with van der Waals surface area (Å²) in [6.07, 6.45) is -0.827. The summed E-state index contributed by atoms with van der Waals surface area (Å²) in [5.74, 6) is 0.344. The number of aromatic nitrogens is 5. The Bertz CT molecular complexity index is 1680.